The van der Waals surface area contributed by atoms with E-state index < -0.39 is 0 Å². The van der Waals surface area contributed by atoms with Gasteiger partial charge in [0.05, 0.1) is 0 Å². The van der Waals surface area contributed by atoms with Gasteiger partial charge in [-0.2, -0.15) is 12.6 Å². The van der Waals surface area contributed by atoms with Gasteiger partial charge in [0.1, 0.15) is 0 Å². The number of rotatable bonds is 47. The van der Waals surface area contributed by atoms with E-state index in [1.165, 1.54) is 298 Å². The Bertz CT molecular complexity index is 1140. The molecular weight excluding hydrogens is 761 g/mol. The molecule has 2 aromatic rings. The quantitative estimate of drug-likeness (QED) is 0.0393. The van der Waals surface area contributed by atoms with Crippen LogP contribution < -0.4 is 0 Å². The third kappa shape index (κ3) is 33.0. The summed E-state index contributed by atoms with van der Waals surface area (Å²) in [6, 6.07) is 15.8. The molecular formula is C58H104S2. The molecule has 0 spiro atoms. The Morgan fingerprint density at radius 2 is 0.617 bits per heavy atom. The van der Waals surface area contributed by atoms with Crippen molar-refractivity contribution in [2.45, 2.75) is 312 Å². The van der Waals surface area contributed by atoms with E-state index in [9.17, 15) is 0 Å². The maximum atomic E-state index is 5.32. The predicted octanol–water partition coefficient (Wildman–Crippen LogP) is 21.8. The SMILES string of the molecule is CCCCCCCCCCCCCCCCCCCCCCCCCCCCC(S)C(CCCCCCCCCCCCCCCCCC)Sc1cccc2ccccc12. The lowest BCUT2D eigenvalue weighted by Crippen LogP contribution is -2.18. The number of hydrogen-bond donors (Lipinski definition) is 1. The highest BCUT2D eigenvalue weighted by Gasteiger charge is 2.20. The summed E-state index contributed by atoms with van der Waals surface area (Å²) < 4.78 is 0. The van der Waals surface area contributed by atoms with Gasteiger partial charge in [-0.15, -0.1) is 11.8 Å². The zero-order valence-corrected chi connectivity index (χ0v) is 42.4. The Hall–Kier alpha value is -0.600. The Morgan fingerprint density at radius 1 is 0.333 bits per heavy atom. The molecule has 0 aromatic heterocycles. The Morgan fingerprint density at radius 3 is 0.967 bits per heavy atom. The molecule has 0 amide bonds. The smallest absolute Gasteiger partial charge is 0.0211 e. The van der Waals surface area contributed by atoms with Gasteiger partial charge in [-0.1, -0.05) is 320 Å². The molecule has 0 radical (unpaired) electrons. The van der Waals surface area contributed by atoms with Crippen molar-refractivity contribution in [3.8, 4) is 0 Å². The first kappa shape index (κ1) is 55.5. The number of thioether (sulfide) groups is 1. The zero-order chi connectivity index (χ0) is 42.7. The van der Waals surface area contributed by atoms with Gasteiger partial charge in [-0.25, -0.2) is 0 Å². The molecule has 0 saturated heterocycles. The van der Waals surface area contributed by atoms with E-state index in [1.807, 2.05) is 0 Å². The molecule has 0 bridgehead atoms. The van der Waals surface area contributed by atoms with Gasteiger partial charge in [0, 0.05) is 15.4 Å². The molecule has 0 aliphatic carbocycles. The molecule has 0 nitrogen and oxygen atoms in total. The Labute approximate surface area is 387 Å². The Balaban J connectivity index is 1.45. The van der Waals surface area contributed by atoms with Crippen LogP contribution in [0.4, 0.5) is 0 Å². The van der Waals surface area contributed by atoms with Crippen LogP contribution in [0.2, 0.25) is 0 Å². The molecule has 0 fully saturated rings. The van der Waals surface area contributed by atoms with Crippen LogP contribution >= 0.6 is 24.4 Å². The third-order valence-corrected chi connectivity index (χ3v) is 15.9. The standard InChI is InChI=1S/C58H104S2/c1-3-5-7-9-11-13-15-17-19-21-22-23-24-25-26-27-28-29-30-31-33-35-37-39-41-43-51-56(59)58(60-57-53-47-49-54-48-45-46-50-55(54)57)52-44-42-40-38-36-34-32-20-18-16-14-12-10-8-6-4-2/h45-50,53,56,58-59H,3-44,51-52H2,1-2H3. The van der Waals surface area contributed by atoms with Crippen LogP contribution in [-0.2, 0) is 0 Å². The fourth-order valence-corrected chi connectivity index (χ4v) is 11.4. The normalized spacial score (nSPS) is 12.8. The second-order valence-electron chi connectivity index (χ2n) is 19.4. The second-order valence-corrected chi connectivity index (χ2v) is 21.4. The number of unbranched alkanes of at least 4 members (excludes halogenated alkanes) is 40. The van der Waals surface area contributed by atoms with Crippen molar-refractivity contribution in [3.63, 3.8) is 0 Å². The summed E-state index contributed by atoms with van der Waals surface area (Å²) >= 11 is 7.45. The topological polar surface area (TPSA) is 0 Å². The van der Waals surface area contributed by atoms with Crippen molar-refractivity contribution >= 4 is 35.2 Å². The first-order valence-corrected chi connectivity index (χ1v) is 29.0. The van der Waals surface area contributed by atoms with Gasteiger partial charge >= 0.3 is 0 Å². The van der Waals surface area contributed by atoms with E-state index >= 15 is 0 Å². The van der Waals surface area contributed by atoms with Crippen LogP contribution in [0.5, 0.6) is 0 Å². The monoisotopic (exact) mass is 865 g/mol. The van der Waals surface area contributed by atoms with Crippen LogP contribution in [0.25, 0.3) is 10.8 Å². The average Bonchev–Trinajstić information content (AvgIpc) is 3.27. The zero-order valence-electron chi connectivity index (χ0n) is 40.7. The van der Waals surface area contributed by atoms with E-state index in [4.69, 9.17) is 12.6 Å². The van der Waals surface area contributed by atoms with Gasteiger partial charge in [0.25, 0.3) is 0 Å². The van der Waals surface area contributed by atoms with E-state index in [-0.39, 0.29) is 0 Å². The lowest BCUT2D eigenvalue weighted by atomic mass is 10.0. The molecule has 2 rings (SSSR count). The molecule has 2 unspecified atom stereocenters. The lowest BCUT2D eigenvalue weighted by molar-refractivity contribution is 0.512. The first-order chi connectivity index (χ1) is 29.8. The van der Waals surface area contributed by atoms with Crippen LogP contribution in [-0.4, -0.2) is 10.5 Å². The van der Waals surface area contributed by atoms with Gasteiger partial charge in [-0.3, -0.25) is 0 Å². The summed E-state index contributed by atoms with van der Waals surface area (Å²) in [5, 5.41) is 3.88. The van der Waals surface area contributed by atoms with E-state index in [1.54, 1.807) is 0 Å². The van der Waals surface area contributed by atoms with Gasteiger partial charge in [0.15, 0.2) is 0 Å². The van der Waals surface area contributed by atoms with Crippen molar-refractivity contribution in [2.75, 3.05) is 0 Å². The summed E-state index contributed by atoms with van der Waals surface area (Å²) in [4.78, 5) is 1.46. The summed E-state index contributed by atoms with van der Waals surface area (Å²) in [6.07, 6.45) is 63.5. The minimum atomic E-state index is 0.486. The van der Waals surface area contributed by atoms with Crippen molar-refractivity contribution in [2.24, 2.45) is 0 Å². The molecule has 2 heteroatoms. The summed E-state index contributed by atoms with van der Waals surface area (Å²) in [5.74, 6) is 0. The number of hydrogen-bond acceptors (Lipinski definition) is 2. The van der Waals surface area contributed by atoms with Gasteiger partial charge < -0.3 is 0 Å². The summed E-state index contributed by atoms with van der Waals surface area (Å²) in [6.45, 7) is 4.62. The summed E-state index contributed by atoms with van der Waals surface area (Å²) in [5.41, 5.74) is 0. The largest absolute Gasteiger partial charge is 0.175 e. The van der Waals surface area contributed by atoms with Crippen molar-refractivity contribution in [1.29, 1.82) is 0 Å². The molecule has 0 aliphatic rings. The summed E-state index contributed by atoms with van der Waals surface area (Å²) in [7, 11) is 0. The van der Waals surface area contributed by atoms with E-state index in [0.717, 1.165) is 0 Å². The highest BCUT2D eigenvalue weighted by molar-refractivity contribution is 8.01. The van der Waals surface area contributed by atoms with E-state index in [2.05, 4.69) is 68.1 Å². The fourth-order valence-electron chi connectivity index (χ4n) is 9.54. The third-order valence-electron chi connectivity index (χ3n) is 13.7. The highest BCUT2D eigenvalue weighted by atomic mass is 32.2. The maximum absolute atomic E-state index is 5.32. The highest BCUT2D eigenvalue weighted by Crippen LogP contribution is 2.37. The van der Waals surface area contributed by atoms with Gasteiger partial charge in [-0.05, 0) is 29.7 Å². The maximum Gasteiger partial charge on any atom is 0.0211 e. The minimum Gasteiger partial charge on any atom is -0.175 e. The van der Waals surface area contributed by atoms with E-state index in [0.29, 0.717) is 10.5 Å². The predicted molar refractivity (Wildman–Crippen MR) is 281 cm³/mol. The number of benzene rings is 2. The average molecular weight is 866 g/mol. The molecule has 348 valence electrons. The van der Waals surface area contributed by atoms with Gasteiger partial charge in [0.2, 0.25) is 0 Å². The van der Waals surface area contributed by atoms with Crippen LogP contribution in [0.15, 0.2) is 47.4 Å². The fraction of sp³-hybridized carbons (Fsp3) is 0.828. The molecule has 2 aromatic carbocycles. The van der Waals surface area contributed by atoms with Crippen LogP contribution in [0.1, 0.15) is 296 Å². The number of thiol groups is 1. The van der Waals surface area contributed by atoms with Crippen molar-refractivity contribution < 1.29 is 0 Å². The molecule has 0 saturated carbocycles. The molecule has 0 aliphatic heterocycles. The molecule has 60 heavy (non-hydrogen) atoms. The molecule has 0 N–H and O–H groups in total. The first-order valence-electron chi connectivity index (χ1n) is 27.6. The Kier molecular flexibility index (Phi) is 40.4. The number of fused-ring (bicyclic) bond motifs is 1. The minimum absolute atomic E-state index is 0.486. The second kappa shape index (κ2) is 43.6. The van der Waals surface area contributed by atoms with Crippen LogP contribution in [0.3, 0.4) is 0 Å². The van der Waals surface area contributed by atoms with Crippen molar-refractivity contribution in [3.05, 3.63) is 42.5 Å². The molecule has 0 heterocycles. The molecule has 2 atom stereocenters. The van der Waals surface area contributed by atoms with Crippen LogP contribution in [0, 0.1) is 0 Å². The lowest BCUT2D eigenvalue weighted by Gasteiger charge is -2.24. The van der Waals surface area contributed by atoms with Crippen molar-refractivity contribution in [1.82, 2.24) is 0 Å².